The van der Waals surface area contributed by atoms with Gasteiger partial charge in [-0.25, -0.2) is 4.98 Å². The quantitative estimate of drug-likeness (QED) is 0.425. The normalized spacial score (nSPS) is 15.6. The summed E-state index contributed by atoms with van der Waals surface area (Å²) in [5.74, 6) is 1.66. The zero-order valence-corrected chi connectivity index (χ0v) is 20.7. The van der Waals surface area contributed by atoms with Crippen LogP contribution in [0.4, 0.5) is 5.82 Å². The number of ether oxygens (including phenoxy) is 1. The van der Waals surface area contributed by atoms with Crippen LogP contribution in [-0.4, -0.2) is 70.0 Å². The summed E-state index contributed by atoms with van der Waals surface area (Å²) in [7, 11) is 3.85. The van der Waals surface area contributed by atoms with E-state index < -0.39 is 0 Å². The largest absolute Gasteiger partial charge is 0.495 e. The van der Waals surface area contributed by atoms with Crippen LogP contribution >= 0.6 is 0 Å². The Morgan fingerprint density at radius 2 is 1.83 bits per heavy atom. The third kappa shape index (κ3) is 5.52. The van der Waals surface area contributed by atoms with E-state index in [2.05, 4.69) is 68.4 Å². The fourth-order valence-corrected chi connectivity index (χ4v) is 4.39. The lowest BCUT2D eigenvalue weighted by molar-refractivity contribution is -0.122. The molecule has 1 unspecified atom stereocenters. The van der Waals surface area contributed by atoms with Gasteiger partial charge in [0.05, 0.1) is 36.6 Å². The molecular weight excluding hydrogens is 456 g/mol. The lowest BCUT2D eigenvalue weighted by atomic mass is 10.0. The third-order valence-electron chi connectivity index (χ3n) is 6.18. The Morgan fingerprint density at radius 1 is 1.06 bits per heavy atom. The van der Waals surface area contributed by atoms with Crippen molar-refractivity contribution in [3.8, 4) is 22.7 Å². The lowest BCUT2D eigenvalue weighted by Gasteiger charge is -2.40. The van der Waals surface area contributed by atoms with Crippen molar-refractivity contribution in [3.63, 3.8) is 0 Å². The number of imidazole rings is 1. The second kappa shape index (κ2) is 11.5. The third-order valence-corrected chi connectivity index (χ3v) is 6.18. The minimum absolute atomic E-state index is 0.250. The van der Waals surface area contributed by atoms with E-state index in [-0.39, 0.29) is 12.5 Å². The monoisotopic (exact) mass is 486 g/mol. The molecule has 0 spiro atoms. The first-order valence-corrected chi connectivity index (χ1v) is 11.6. The maximum absolute atomic E-state index is 8.36. The van der Waals surface area contributed by atoms with E-state index >= 15 is 0 Å². The Kier molecular flexibility index (Phi) is 7.92. The number of rotatable bonds is 5. The van der Waals surface area contributed by atoms with E-state index in [1.165, 1.54) is 5.56 Å². The first-order valence-electron chi connectivity index (χ1n) is 11.6. The van der Waals surface area contributed by atoms with Gasteiger partial charge in [-0.1, -0.05) is 36.4 Å². The van der Waals surface area contributed by atoms with Gasteiger partial charge in [-0.2, -0.15) is 0 Å². The number of carboxylic acid groups (broad SMARTS) is 1. The zero-order chi connectivity index (χ0) is 25.5. The second-order valence-electron chi connectivity index (χ2n) is 8.57. The molecule has 0 bridgehead atoms. The van der Waals surface area contributed by atoms with Crippen molar-refractivity contribution in [2.24, 2.45) is 0 Å². The molecule has 1 fully saturated rings. The smallest absolute Gasteiger partial charge is 0.290 e. The van der Waals surface area contributed by atoms with Crippen molar-refractivity contribution in [3.05, 3.63) is 84.4 Å². The summed E-state index contributed by atoms with van der Waals surface area (Å²) in [6.45, 7) is 4.59. The zero-order valence-electron chi connectivity index (χ0n) is 20.7. The second-order valence-corrected chi connectivity index (χ2v) is 8.57. The summed E-state index contributed by atoms with van der Waals surface area (Å²) in [4.78, 5) is 17.4. The fourth-order valence-electron chi connectivity index (χ4n) is 4.39. The van der Waals surface area contributed by atoms with E-state index in [9.17, 15) is 0 Å². The predicted octanol–water partition coefficient (Wildman–Crippen LogP) is 3.84. The number of hydrogen-bond donors (Lipinski definition) is 1. The summed E-state index contributed by atoms with van der Waals surface area (Å²) in [6, 6.07) is 21.1. The molecule has 0 amide bonds. The molecule has 1 N–H and O–H groups in total. The van der Waals surface area contributed by atoms with Crippen LogP contribution in [-0.2, 0) is 4.79 Å². The first-order chi connectivity index (χ1) is 17.5. The molecule has 2 aromatic carbocycles. The molecule has 4 aromatic rings. The molecule has 3 heterocycles. The number of anilines is 1. The van der Waals surface area contributed by atoms with Crippen LogP contribution in [0.25, 0.3) is 16.9 Å². The Morgan fingerprint density at radius 3 is 2.47 bits per heavy atom. The van der Waals surface area contributed by atoms with Gasteiger partial charge in [0.15, 0.2) is 5.82 Å². The van der Waals surface area contributed by atoms with Gasteiger partial charge < -0.3 is 24.2 Å². The fraction of sp³-hybridized carbons (Fsp3) is 0.259. The molecule has 5 rings (SSSR count). The molecule has 9 heteroatoms. The van der Waals surface area contributed by atoms with Crippen molar-refractivity contribution < 1.29 is 14.6 Å². The summed E-state index contributed by atoms with van der Waals surface area (Å²) in [5, 5.41) is 16.1. The molecule has 0 aliphatic carbocycles. The van der Waals surface area contributed by atoms with Crippen molar-refractivity contribution in [1.82, 2.24) is 24.6 Å². The molecule has 1 aliphatic rings. The minimum atomic E-state index is -0.250. The van der Waals surface area contributed by atoms with E-state index in [4.69, 9.17) is 14.6 Å². The van der Waals surface area contributed by atoms with Gasteiger partial charge in [-0.15, -0.1) is 10.2 Å². The van der Waals surface area contributed by atoms with E-state index in [0.717, 1.165) is 53.8 Å². The topological polar surface area (TPSA) is 96.6 Å². The number of benzene rings is 2. The highest BCUT2D eigenvalue weighted by molar-refractivity contribution is 5.66. The van der Waals surface area contributed by atoms with Gasteiger partial charge in [0, 0.05) is 31.4 Å². The lowest BCUT2D eigenvalue weighted by Crippen LogP contribution is -2.47. The average Bonchev–Trinajstić information content (AvgIpc) is 3.35. The molecule has 0 radical (unpaired) electrons. The van der Waals surface area contributed by atoms with Gasteiger partial charge in [-0.3, -0.25) is 4.79 Å². The summed E-state index contributed by atoms with van der Waals surface area (Å²) < 4.78 is 7.62. The number of nitrogens with zero attached hydrogens (tertiary/aromatic N) is 6. The minimum Gasteiger partial charge on any atom is -0.495 e. The maximum atomic E-state index is 8.36. The number of carbonyl (C=O) groups is 1. The Labute approximate surface area is 210 Å². The number of likely N-dealkylation sites (N-methyl/N-ethyl adjacent to an activating group) is 1. The average molecular weight is 487 g/mol. The Hall–Kier alpha value is -4.24. The summed E-state index contributed by atoms with van der Waals surface area (Å²) in [5.41, 5.74) is 4.97. The molecule has 186 valence electrons. The number of hydrogen-bond acceptors (Lipinski definition) is 7. The highest BCUT2D eigenvalue weighted by Gasteiger charge is 2.27. The first kappa shape index (κ1) is 24.9. The van der Waals surface area contributed by atoms with Crippen LogP contribution in [0.15, 0.2) is 73.2 Å². The molecular formula is C27H30N6O3. The van der Waals surface area contributed by atoms with Crippen molar-refractivity contribution in [1.29, 1.82) is 0 Å². The van der Waals surface area contributed by atoms with Gasteiger partial charge in [0.1, 0.15) is 5.75 Å². The van der Waals surface area contributed by atoms with Crippen molar-refractivity contribution >= 4 is 12.3 Å². The number of piperazine rings is 1. The summed E-state index contributed by atoms with van der Waals surface area (Å²) in [6.07, 6.45) is 3.77. The number of methoxy groups -OCH3 is 1. The van der Waals surface area contributed by atoms with Crippen molar-refractivity contribution in [2.45, 2.75) is 13.0 Å². The Bertz CT molecular complexity index is 1280. The maximum Gasteiger partial charge on any atom is 0.290 e. The van der Waals surface area contributed by atoms with Gasteiger partial charge in [0.2, 0.25) is 0 Å². The van der Waals surface area contributed by atoms with Gasteiger partial charge in [-0.05, 0) is 43.8 Å². The molecule has 1 atom stereocenters. The highest BCUT2D eigenvalue weighted by atomic mass is 16.5. The Balaban J connectivity index is 0.000000967. The number of aromatic nitrogens is 4. The molecule has 2 aromatic heterocycles. The predicted molar refractivity (Wildman–Crippen MR) is 139 cm³/mol. The standard InChI is InChI=1S/C26H28N6O.CH2O2/c1-19-16-31(18-27-19)23-11-9-21(15-25(23)33-3)22-10-12-26(29-28-22)32-14-13-30(2)17-24(32)20-7-5-4-6-8-20;2-1-3/h4-12,15-16,18,24H,13-14,17H2,1-3H3;1H,(H,2,3). The van der Waals surface area contributed by atoms with Crippen LogP contribution in [0.3, 0.4) is 0 Å². The number of aryl methyl sites for hydroxylation is 1. The molecule has 36 heavy (non-hydrogen) atoms. The van der Waals surface area contributed by atoms with Crippen LogP contribution in [0.1, 0.15) is 17.3 Å². The van der Waals surface area contributed by atoms with Crippen LogP contribution in [0, 0.1) is 6.92 Å². The molecule has 9 nitrogen and oxygen atoms in total. The van der Waals surface area contributed by atoms with Crippen LogP contribution in [0.2, 0.25) is 0 Å². The van der Waals surface area contributed by atoms with E-state index in [1.54, 1.807) is 13.4 Å². The SMILES string of the molecule is COc1cc(-c2ccc(N3CCN(C)CC3c3ccccc3)nn2)ccc1-n1cnc(C)c1.O=CO. The molecule has 1 saturated heterocycles. The highest BCUT2D eigenvalue weighted by Crippen LogP contribution is 2.32. The van der Waals surface area contributed by atoms with Gasteiger partial charge >= 0.3 is 0 Å². The van der Waals surface area contributed by atoms with Crippen LogP contribution < -0.4 is 9.64 Å². The van der Waals surface area contributed by atoms with Gasteiger partial charge in [0.25, 0.3) is 6.47 Å². The summed E-state index contributed by atoms with van der Waals surface area (Å²) >= 11 is 0. The molecule has 0 saturated carbocycles. The van der Waals surface area contributed by atoms with E-state index in [0.29, 0.717) is 0 Å². The van der Waals surface area contributed by atoms with Crippen molar-refractivity contribution in [2.75, 3.05) is 38.7 Å². The van der Waals surface area contributed by atoms with E-state index in [1.807, 2.05) is 42.0 Å². The molecule has 1 aliphatic heterocycles. The van der Waals surface area contributed by atoms with Crippen LogP contribution in [0.5, 0.6) is 5.75 Å².